The molecule has 0 atom stereocenters. The Balaban J connectivity index is 3.10. The summed E-state index contributed by atoms with van der Waals surface area (Å²) < 4.78 is 231. The van der Waals surface area contributed by atoms with Gasteiger partial charge < -0.3 is 209 Å². The summed E-state index contributed by atoms with van der Waals surface area (Å²) >= 11 is 0. The monoisotopic (exact) mass is 1910 g/mol. The van der Waals surface area contributed by atoms with E-state index in [1.165, 1.54) is 0 Å². The molecule has 782 valence electrons. The molecule has 44 nitrogen and oxygen atoms in total. The molecule has 0 aliphatic rings. The molecule has 0 fully saturated rings. The second kappa shape index (κ2) is 127. The van der Waals surface area contributed by atoms with Crippen molar-refractivity contribution in [3.8, 4) is 0 Å². The Hall–Kier alpha value is -1.76. The largest absolute Gasteiger partial charge is 0.394 e. The zero-order valence-electron chi connectivity index (χ0n) is 78.9. The fourth-order valence-electron chi connectivity index (χ4n) is 9.25. The molecule has 0 aromatic carbocycles. The maximum absolute atomic E-state index is 8.63. The van der Waals surface area contributed by atoms with Crippen molar-refractivity contribution in [1.82, 2.24) is 0 Å². The lowest BCUT2D eigenvalue weighted by atomic mass is 10.6. The second-order valence-corrected chi connectivity index (χ2v) is 26.2. The third-order valence-electron chi connectivity index (χ3n) is 15.7. The number of hydrogen-bond acceptors (Lipinski definition) is 44. The van der Waals surface area contributed by atoms with Crippen molar-refractivity contribution in [3.05, 3.63) is 0 Å². The lowest BCUT2D eigenvalue weighted by Gasteiger charge is -2.09. The normalized spacial score (nSPS) is 11.9. The van der Waals surface area contributed by atoms with Crippen molar-refractivity contribution in [2.75, 3.05) is 568 Å². The molecular formula is C86H174O44. The molecule has 0 spiro atoms. The van der Waals surface area contributed by atoms with Gasteiger partial charge >= 0.3 is 0 Å². The van der Waals surface area contributed by atoms with E-state index in [0.717, 1.165) is 0 Å². The third-order valence-corrected chi connectivity index (χ3v) is 15.7. The summed E-state index contributed by atoms with van der Waals surface area (Å²) in [5.74, 6) is 0. The summed E-state index contributed by atoms with van der Waals surface area (Å²) in [5, 5.41) is 17.3. The van der Waals surface area contributed by atoms with E-state index >= 15 is 0 Å². The van der Waals surface area contributed by atoms with Gasteiger partial charge in [0.15, 0.2) is 0 Å². The van der Waals surface area contributed by atoms with Crippen LogP contribution in [0.1, 0.15) is 0 Å². The molecule has 0 radical (unpaired) electrons. The summed E-state index contributed by atoms with van der Waals surface area (Å²) in [6.45, 7) is 39.9. The molecule has 44 heteroatoms. The van der Waals surface area contributed by atoms with Crippen molar-refractivity contribution < 1.29 is 209 Å². The Bertz CT molecular complexity index is 1670. The van der Waals surface area contributed by atoms with Gasteiger partial charge in [0.2, 0.25) is 0 Å². The molecule has 0 rings (SSSR count). The van der Waals surface area contributed by atoms with Crippen molar-refractivity contribution in [2.45, 2.75) is 0 Å². The van der Waals surface area contributed by atoms with E-state index in [1.807, 2.05) is 0 Å². The van der Waals surface area contributed by atoms with Gasteiger partial charge in [0, 0.05) is 0 Å². The number of hydrogen-bond donors (Lipinski definition) is 2. The maximum atomic E-state index is 8.63. The Morgan fingerprint density at radius 1 is 0.0538 bits per heavy atom. The van der Waals surface area contributed by atoms with Crippen LogP contribution in [0.5, 0.6) is 0 Å². The van der Waals surface area contributed by atoms with Crippen molar-refractivity contribution in [3.63, 3.8) is 0 Å². The van der Waals surface area contributed by atoms with Gasteiger partial charge in [0.05, 0.1) is 568 Å². The molecule has 130 heavy (non-hydrogen) atoms. The third kappa shape index (κ3) is 126. The van der Waals surface area contributed by atoms with E-state index in [9.17, 15) is 0 Å². The number of rotatable bonds is 127. The number of aliphatic hydroxyl groups is 2. The Morgan fingerprint density at radius 3 is 0.115 bits per heavy atom. The predicted molar refractivity (Wildman–Crippen MR) is 469 cm³/mol. The minimum absolute atomic E-state index is 0.0144. The van der Waals surface area contributed by atoms with Crippen LogP contribution in [0.4, 0.5) is 0 Å². The van der Waals surface area contributed by atoms with Crippen LogP contribution in [0.3, 0.4) is 0 Å². The summed E-state index contributed by atoms with van der Waals surface area (Å²) in [6, 6.07) is 0. The van der Waals surface area contributed by atoms with Crippen molar-refractivity contribution >= 4 is 0 Å². The SMILES string of the molecule is OCCOCCOCCOCCOCCOCCOCCOCCOCCOCCOCCOCCOCCOCCOCCOCCOCCOCCOCCOCCOCCOCCOCCOCCOCCOCCOCCOCCOCCOCCOCCOCCOCCOCCOCCOCCOCCOCCOCCOCCOCCOCCOCCO. The average Bonchev–Trinajstić information content (AvgIpc) is 1.16. The summed E-state index contributed by atoms with van der Waals surface area (Å²) in [5.41, 5.74) is 0. The molecular weight excluding hydrogens is 1740 g/mol. The molecule has 0 heterocycles. The van der Waals surface area contributed by atoms with Crippen LogP contribution in [0.2, 0.25) is 0 Å². The molecule has 0 saturated carbocycles. The second-order valence-electron chi connectivity index (χ2n) is 26.2. The van der Waals surface area contributed by atoms with Gasteiger partial charge in [-0.1, -0.05) is 0 Å². The van der Waals surface area contributed by atoms with Crippen LogP contribution >= 0.6 is 0 Å². The van der Waals surface area contributed by atoms with Crippen LogP contribution in [0.15, 0.2) is 0 Å². The zero-order valence-corrected chi connectivity index (χ0v) is 78.9. The van der Waals surface area contributed by atoms with Crippen molar-refractivity contribution in [2.24, 2.45) is 0 Å². The highest BCUT2D eigenvalue weighted by Gasteiger charge is 2.06. The first-order chi connectivity index (χ1) is 64.9. The van der Waals surface area contributed by atoms with E-state index in [1.54, 1.807) is 0 Å². The average molecular weight is 1910 g/mol. The van der Waals surface area contributed by atoms with Crippen LogP contribution < -0.4 is 0 Å². The minimum Gasteiger partial charge on any atom is -0.394 e. The van der Waals surface area contributed by atoms with E-state index in [2.05, 4.69) is 0 Å². The Morgan fingerprint density at radius 2 is 0.0846 bits per heavy atom. The first-order valence-electron chi connectivity index (χ1n) is 46.4. The summed E-state index contributed by atoms with van der Waals surface area (Å²) in [7, 11) is 0. The van der Waals surface area contributed by atoms with Gasteiger partial charge in [-0.3, -0.25) is 0 Å². The quantitative estimate of drug-likeness (QED) is 0.0736. The summed E-state index contributed by atoms with van der Waals surface area (Å²) in [6.07, 6.45) is 0. The Labute approximate surface area is 774 Å². The van der Waals surface area contributed by atoms with E-state index in [4.69, 9.17) is 209 Å². The van der Waals surface area contributed by atoms with Crippen LogP contribution in [-0.2, 0) is 199 Å². The molecule has 0 unspecified atom stereocenters. The topological polar surface area (TPSA) is 428 Å². The van der Waals surface area contributed by atoms with Crippen LogP contribution in [0, 0.1) is 0 Å². The molecule has 0 aliphatic heterocycles. The number of ether oxygens (including phenoxy) is 42. The van der Waals surface area contributed by atoms with Gasteiger partial charge in [-0.2, -0.15) is 0 Å². The first kappa shape index (κ1) is 128. The fourth-order valence-corrected chi connectivity index (χ4v) is 9.25. The first-order valence-corrected chi connectivity index (χ1v) is 46.4. The fraction of sp³-hybridized carbons (Fsp3) is 1.00. The summed E-state index contributed by atoms with van der Waals surface area (Å²) in [4.78, 5) is 0. The standard InChI is InChI=1S/C86H174O44/c87-1-3-89-5-7-91-9-11-93-13-15-95-17-19-97-21-23-99-25-27-101-29-31-103-33-35-105-37-39-107-41-43-109-45-47-111-49-51-113-53-55-115-57-59-117-61-63-119-65-67-121-69-71-123-73-75-125-77-79-127-81-83-129-85-86-130-84-82-128-80-78-126-76-74-124-72-70-122-68-66-120-64-62-118-60-58-116-56-54-114-52-50-112-48-46-110-44-42-108-40-38-106-36-34-104-32-30-102-28-26-100-24-22-98-20-18-96-16-14-94-12-10-92-8-6-90-4-2-88/h87-88H,1-86H2. The lowest BCUT2D eigenvalue weighted by molar-refractivity contribution is -0.0329. The Kier molecular flexibility index (Phi) is 126. The highest BCUT2D eigenvalue weighted by atomic mass is 16.6. The number of aliphatic hydroxyl groups excluding tert-OH is 2. The maximum Gasteiger partial charge on any atom is 0.0701 e. The molecule has 2 N–H and O–H groups in total. The molecule has 0 aromatic heterocycles. The highest BCUT2D eigenvalue weighted by molar-refractivity contribution is 4.48. The predicted octanol–water partition coefficient (Wildman–Crippen LogP) is -0.332. The molecule has 0 saturated heterocycles. The molecule has 0 amide bonds. The molecule has 0 bridgehead atoms. The highest BCUT2D eigenvalue weighted by Crippen LogP contribution is 1.96. The molecule has 0 aliphatic carbocycles. The van der Waals surface area contributed by atoms with Gasteiger partial charge in [0.25, 0.3) is 0 Å². The van der Waals surface area contributed by atoms with Crippen LogP contribution in [0.25, 0.3) is 0 Å². The molecule has 0 aromatic rings. The van der Waals surface area contributed by atoms with E-state index in [-0.39, 0.29) is 13.2 Å². The van der Waals surface area contributed by atoms with E-state index < -0.39 is 0 Å². The smallest absolute Gasteiger partial charge is 0.0701 e. The van der Waals surface area contributed by atoms with Gasteiger partial charge in [0.1, 0.15) is 0 Å². The van der Waals surface area contributed by atoms with Gasteiger partial charge in [-0.05, 0) is 0 Å². The van der Waals surface area contributed by atoms with Crippen LogP contribution in [-0.4, -0.2) is 578 Å². The van der Waals surface area contributed by atoms with Gasteiger partial charge in [-0.25, -0.2) is 0 Å². The minimum atomic E-state index is 0.0144. The van der Waals surface area contributed by atoms with Crippen molar-refractivity contribution in [1.29, 1.82) is 0 Å². The van der Waals surface area contributed by atoms with Gasteiger partial charge in [-0.15, -0.1) is 0 Å². The lowest BCUT2D eigenvalue weighted by Crippen LogP contribution is -2.16. The van der Waals surface area contributed by atoms with E-state index in [0.29, 0.717) is 555 Å². The zero-order chi connectivity index (χ0) is 92.5.